The van der Waals surface area contributed by atoms with E-state index in [0.29, 0.717) is 0 Å². The van der Waals surface area contributed by atoms with Gasteiger partial charge in [0.25, 0.3) is 0 Å². The molecule has 0 unspecified atom stereocenters. The van der Waals surface area contributed by atoms with Crippen molar-refractivity contribution in [1.82, 2.24) is 0 Å². The fourth-order valence-corrected chi connectivity index (χ4v) is 1.60. The lowest BCUT2D eigenvalue weighted by Gasteiger charge is -2.25. The van der Waals surface area contributed by atoms with Crippen LogP contribution in [0.3, 0.4) is 0 Å². The SMILES string of the molecule is O=S(=O)(OC1=CCC(O)(O)CC1)C(F)(F)F. The van der Waals surface area contributed by atoms with Crippen LogP contribution in [-0.4, -0.2) is 29.9 Å². The van der Waals surface area contributed by atoms with Gasteiger partial charge in [-0.25, -0.2) is 0 Å². The van der Waals surface area contributed by atoms with Crippen LogP contribution in [0.1, 0.15) is 19.3 Å². The molecule has 5 nitrogen and oxygen atoms in total. The fraction of sp³-hybridized carbons (Fsp3) is 0.714. The second-order valence-electron chi connectivity index (χ2n) is 3.34. The molecule has 0 saturated heterocycles. The van der Waals surface area contributed by atoms with E-state index in [4.69, 9.17) is 10.2 Å². The molecule has 1 aliphatic carbocycles. The predicted molar refractivity (Wildman–Crippen MR) is 45.2 cm³/mol. The molecule has 1 aliphatic rings. The van der Waals surface area contributed by atoms with Gasteiger partial charge in [-0.1, -0.05) is 0 Å². The van der Waals surface area contributed by atoms with Crippen LogP contribution < -0.4 is 0 Å². The molecule has 16 heavy (non-hydrogen) atoms. The van der Waals surface area contributed by atoms with Gasteiger partial charge in [-0.3, -0.25) is 0 Å². The summed E-state index contributed by atoms with van der Waals surface area (Å²) in [5.74, 6) is -2.45. The minimum absolute atomic E-state index is 0.286. The summed E-state index contributed by atoms with van der Waals surface area (Å²) < 4.78 is 60.7. The number of halogens is 3. The molecule has 0 heterocycles. The van der Waals surface area contributed by atoms with E-state index in [-0.39, 0.29) is 19.3 Å². The van der Waals surface area contributed by atoms with Crippen LogP contribution >= 0.6 is 0 Å². The third-order valence-corrected chi connectivity index (χ3v) is 2.93. The van der Waals surface area contributed by atoms with Gasteiger partial charge in [0.1, 0.15) is 5.76 Å². The Bertz CT molecular complexity index is 395. The van der Waals surface area contributed by atoms with Gasteiger partial charge in [-0.15, -0.1) is 0 Å². The lowest BCUT2D eigenvalue weighted by molar-refractivity contribution is -0.166. The molecule has 1 rings (SSSR count). The van der Waals surface area contributed by atoms with Crippen molar-refractivity contribution in [3.8, 4) is 0 Å². The highest BCUT2D eigenvalue weighted by Crippen LogP contribution is 2.31. The minimum Gasteiger partial charge on any atom is -0.381 e. The Hall–Kier alpha value is -0.800. The first kappa shape index (κ1) is 13.3. The Balaban J connectivity index is 2.75. The molecule has 0 aromatic carbocycles. The summed E-state index contributed by atoms with van der Waals surface area (Å²) in [4.78, 5) is 0. The lowest BCUT2D eigenvalue weighted by atomic mass is 10.00. The molecular weight excluding hydrogens is 253 g/mol. The number of rotatable bonds is 2. The number of aliphatic hydroxyl groups is 2. The molecule has 0 saturated carbocycles. The fourth-order valence-electron chi connectivity index (χ4n) is 1.07. The van der Waals surface area contributed by atoms with E-state index in [1.165, 1.54) is 0 Å². The monoisotopic (exact) mass is 262 g/mol. The molecule has 0 fully saturated rings. The van der Waals surface area contributed by atoms with Crippen LogP contribution in [0.15, 0.2) is 11.8 Å². The summed E-state index contributed by atoms with van der Waals surface area (Å²) >= 11 is 0. The van der Waals surface area contributed by atoms with E-state index in [1.54, 1.807) is 0 Å². The van der Waals surface area contributed by atoms with Crippen LogP contribution in [-0.2, 0) is 14.3 Å². The first-order chi connectivity index (χ1) is 7.04. The van der Waals surface area contributed by atoms with Gasteiger partial charge in [-0.05, 0) is 6.08 Å². The molecule has 0 radical (unpaired) electrons. The molecule has 9 heteroatoms. The van der Waals surface area contributed by atoms with Crippen LogP contribution in [0.5, 0.6) is 0 Å². The van der Waals surface area contributed by atoms with Gasteiger partial charge in [-0.2, -0.15) is 21.6 Å². The predicted octanol–water partition coefficient (Wildman–Crippen LogP) is 0.601. The van der Waals surface area contributed by atoms with E-state index in [2.05, 4.69) is 4.18 Å². The number of allylic oxidation sites excluding steroid dienone is 1. The van der Waals surface area contributed by atoms with Crippen molar-refractivity contribution in [2.45, 2.75) is 30.6 Å². The van der Waals surface area contributed by atoms with Gasteiger partial charge < -0.3 is 14.4 Å². The Morgan fingerprint density at radius 2 is 1.94 bits per heavy atom. The van der Waals surface area contributed by atoms with Crippen molar-refractivity contribution < 1.29 is 36.0 Å². The summed E-state index contributed by atoms with van der Waals surface area (Å²) in [6, 6.07) is 0. The van der Waals surface area contributed by atoms with E-state index in [0.717, 1.165) is 6.08 Å². The summed E-state index contributed by atoms with van der Waals surface area (Å²) in [5, 5.41) is 18.1. The quantitative estimate of drug-likeness (QED) is 0.432. The molecule has 0 aliphatic heterocycles. The molecule has 0 aromatic rings. The van der Waals surface area contributed by atoms with E-state index < -0.39 is 27.2 Å². The largest absolute Gasteiger partial charge is 0.534 e. The summed E-state index contributed by atoms with van der Waals surface area (Å²) in [6.45, 7) is 0. The average Bonchev–Trinajstić information content (AvgIpc) is 2.06. The summed E-state index contributed by atoms with van der Waals surface area (Å²) in [5.41, 5.74) is -5.49. The van der Waals surface area contributed by atoms with Crippen LogP contribution in [0.2, 0.25) is 0 Å². The van der Waals surface area contributed by atoms with Crippen molar-refractivity contribution in [1.29, 1.82) is 0 Å². The number of hydrogen-bond donors (Lipinski definition) is 2. The maximum atomic E-state index is 11.9. The van der Waals surface area contributed by atoms with Gasteiger partial charge in [0.15, 0.2) is 5.79 Å². The normalized spacial score (nSPS) is 21.4. The number of alkyl halides is 3. The second-order valence-corrected chi connectivity index (χ2v) is 4.88. The van der Waals surface area contributed by atoms with Gasteiger partial charge in [0, 0.05) is 19.3 Å². The van der Waals surface area contributed by atoms with Gasteiger partial charge in [0.2, 0.25) is 0 Å². The molecule has 0 atom stereocenters. The van der Waals surface area contributed by atoms with Crippen molar-refractivity contribution >= 4 is 10.1 Å². The molecule has 0 bridgehead atoms. The Kier molecular flexibility index (Phi) is 3.23. The van der Waals surface area contributed by atoms with Crippen LogP contribution in [0.4, 0.5) is 13.2 Å². The third kappa shape index (κ3) is 3.09. The smallest absolute Gasteiger partial charge is 0.381 e. The highest BCUT2D eigenvalue weighted by atomic mass is 32.2. The van der Waals surface area contributed by atoms with Crippen LogP contribution in [0.25, 0.3) is 0 Å². The summed E-state index contributed by atoms with van der Waals surface area (Å²) in [6.07, 6.45) is -0.0446. The van der Waals surface area contributed by atoms with Crippen molar-refractivity contribution in [2.75, 3.05) is 0 Å². The molecular formula is C7H9F3O5S. The van der Waals surface area contributed by atoms with Crippen molar-refractivity contribution in [3.05, 3.63) is 11.8 Å². The first-order valence-electron chi connectivity index (χ1n) is 4.18. The van der Waals surface area contributed by atoms with Crippen LogP contribution in [0, 0.1) is 0 Å². The van der Waals surface area contributed by atoms with E-state index in [9.17, 15) is 21.6 Å². The minimum atomic E-state index is -5.67. The Labute approximate surface area is 89.3 Å². The topological polar surface area (TPSA) is 83.8 Å². The molecule has 0 aromatic heterocycles. The molecule has 0 spiro atoms. The first-order valence-corrected chi connectivity index (χ1v) is 5.59. The van der Waals surface area contributed by atoms with Gasteiger partial charge >= 0.3 is 15.6 Å². The molecule has 2 N–H and O–H groups in total. The third-order valence-electron chi connectivity index (χ3n) is 1.93. The Morgan fingerprint density at radius 3 is 2.31 bits per heavy atom. The van der Waals surface area contributed by atoms with E-state index >= 15 is 0 Å². The molecule has 94 valence electrons. The maximum Gasteiger partial charge on any atom is 0.534 e. The highest BCUT2D eigenvalue weighted by molar-refractivity contribution is 7.87. The standard InChI is InChI=1S/C7H9F3O5S/c8-7(9,10)16(13,14)15-5-1-3-6(11,12)4-2-5/h1,11-12H,2-4H2. The maximum absolute atomic E-state index is 11.9. The van der Waals surface area contributed by atoms with E-state index in [1.807, 2.05) is 0 Å². The van der Waals surface area contributed by atoms with Crippen molar-refractivity contribution in [3.63, 3.8) is 0 Å². The molecule has 0 amide bonds. The van der Waals surface area contributed by atoms with Crippen molar-refractivity contribution in [2.24, 2.45) is 0 Å². The number of hydrogen-bond acceptors (Lipinski definition) is 5. The van der Waals surface area contributed by atoms with Gasteiger partial charge in [0.05, 0.1) is 0 Å². The Morgan fingerprint density at radius 1 is 1.38 bits per heavy atom. The zero-order valence-corrected chi connectivity index (χ0v) is 8.68. The zero-order chi connectivity index (χ0) is 12.6. The zero-order valence-electron chi connectivity index (χ0n) is 7.86. The summed E-state index contributed by atoms with van der Waals surface area (Å²) in [7, 11) is -5.67. The highest BCUT2D eigenvalue weighted by Gasteiger charge is 2.49. The second kappa shape index (κ2) is 3.90. The average molecular weight is 262 g/mol. The lowest BCUT2D eigenvalue weighted by Crippen LogP contribution is -2.31.